The van der Waals surface area contributed by atoms with E-state index in [0.29, 0.717) is 32.1 Å². The van der Waals surface area contributed by atoms with Crippen LogP contribution in [0, 0.1) is 5.92 Å². The average Bonchev–Trinajstić information content (AvgIpc) is 2.43. The van der Waals surface area contributed by atoms with E-state index in [2.05, 4.69) is 4.74 Å². The molecule has 0 radical (unpaired) electrons. The van der Waals surface area contributed by atoms with Crippen molar-refractivity contribution in [3.05, 3.63) is 12.2 Å². The highest BCUT2D eigenvalue weighted by Crippen LogP contribution is 2.35. The second kappa shape index (κ2) is 7.28. The lowest BCUT2D eigenvalue weighted by Crippen LogP contribution is -2.35. The third kappa shape index (κ3) is 5.03. The summed E-state index contributed by atoms with van der Waals surface area (Å²) in [6.45, 7) is 0. The number of carbonyl (C=O) groups excluding carboxylic acids is 2. The lowest BCUT2D eigenvalue weighted by Gasteiger charge is -2.34. The summed E-state index contributed by atoms with van der Waals surface area (Å²) in [7, 11) is 2.73. The van der Waals surface area contributed by atoms with Crippen LogP contribution in [0.4, 0.5) is 0 Å². The van der Waals surface area contributed by atoms with Crippen LogP contribution in [0.5, 0.6) is 0 Å². The maximum atomic E-state index is 11.4. The first-order valence-corrected chi connectivity index (χ1v) is 6.53. The van der Waals surface area contributed by atoms with E-state index in [4.69, 9.17) is 4.74 Å². The van der Waals surface area contributed by atoms with Crippen LogP contribution in [0.3, 0.4) is 0 Å². The highest BCUT2D eigenvalue weighted by molar-refractivity contribution is 5.72. The summed E-state index contributed by atoms with van der Waals surface area (Å²) in [5.41, 5.74) is -0.767. The van der Waals surface area contributed by atoms with Crippen molar-refractivity contribution in [2.45, 2.75) is 44.1 Å². The summed E-state index contributed by atoms with van der Waals surface area (Å²) in [6.07, 6.45) is 6.67. The van der Waals surface area contributed by atoms with Crippen molar-refractivity contribution in [3.8, 4) is 0 Å². The molecule has 0 aromatic heterocycles. The van der Waals surface area contributed by atoms with Crippen LogP contribution in [-0.2, 0) is 19.1 Å². The molecule has 0 aliphatic heterocycles. The van der Waals surface area contributed by atoms with E-state index >= 15 is 0 Å². The fourth-order valence-electron chi connectivity index (χ4n) is 2.33. The Morgan fingerprint density at radius 2 is 1.84 bits per heavy atom. The van der Waals surface area contributed by atoms with Gasteiger partial charge in [-0.25, -0.2) is 0 Å². The highest BCUT2D eigenvalue weighted by Gasteiger charge is 2.35. The molecular weight excluding hydrogens is 248 g/mol. The molecule has 0 amide bonds. The minimum atomic E-state index is -0.767. The van der Waals surface area contributed by atoms with Crippen molar-refractivity contribution < 1.29 is 24.2 Å². The summed E-state index contributed by atoms with van der Waals surface area (Å²) in [5.74, 6) is -0.578. The zero-order chi connectivity index (χ0) is 14.3. The molecule has 0 aromatic carbocycles. The summed E-state index contributed by atoms with van der Waals surface area (Å²) in [6, 6.07) is 0. The van der Waals surface area contributed by atoms with Crippen LogP contribution in [-0.4, -0.2) is 36.9 Å². The van der Waals surface area contributed by atoms with Gasteiger partial charge in [0.25, 0.3) is 0 Å². The number of aliphatic hydroxyl groups is 1. The lowest BCUT2D eigenvalue weighted by molar-refractivity contribution is -0.148. The van der Waals surface area contributed by atoms with Crippen molar-refractivity contribution in [2.75, 3.05) is 14.2 Å². The maximum absolute atomic E-state index is 11.4. The van der Waals surface area contributed by atoms with Gasteiger partial charge in [0.1, 0.15) is 0 Å². The molecule has 1 rings (SSSR count). The SMILES string of the molecule is COC(=O)CC=CCC1(O)CCC(C(=O)OC)CC1. The first-order valence-electron chi connectivity index (χ1n) is 6.53. The number of hydrogen-bond acceptors (Lipinski definition) is 5. The Morgan fingerprint density at radius 1 is 1.21 bits per heavy atom. The van der Waals surface area contributed by atoms with Crippen LogP contribution in [0.15, 0.2) is 12.2 Å². The molecule has 0 saturated heterocycles. The van der Waals surface area contributed by atoms with Gasteiger partial charge in [-0.1, -0.05) is 12.2 Å². The molecule has 1 aliphatic rings. The molecule has 0 bridgehead atoms. The van der Waals surface area contributed by atoms with Gasteiger partial charge in [-0.3, -0.25) is 9.59 Å². The van der Waals surface area contributed by atoms with Gasteiger partial charge in [-0.15, -0.1) is 0 Å². The molecule has 1 N–H and O–H groups in total. The van der Waals surface area contributed by atoms with Gasteiger partial charge in [0.2, 0.25) is 0 Å². The van der Waals surface area contributed by atoms with Crippen LogP contribution >= 0.6 is 0 Å². The Bertz CT molecular complexity index is 340. The molecule has 0 heterocycles. The van der Waals surface area contributed by atoms with E-state index in [0.717, 1.165) is 0 Å². The van der Waals surface area contributed by atoms with Crippen molar-refractivity contribution in [2.24, 2.45) is 5.92 Å². The predicted octanol–water partition coefficient (Wildman–Crippen LogP) is 1.59. The normalized spacial score (nSPS) is 27.2. The predicted molar refractivity (Wildman–Crippen MR) is 69.3 cm³/mol. The Balaban J connectivity index is 2.35. The summed E-state index contributed by atoms with van der Waals surface area (Å²) in [4.78, 5) is 22.3. The van der Waals surface area contributed by atoms with Crippen LogP contribution in [0.1, 0.15) is 38.5 Å². The number of rotatable bonds is 5. The van der Waals surface area contributed by atoms with Crippen LogP contribution < -0.4 is 0 Å². The monoisotopic (exact) mass is 270 g/mol. The van der Waals surface area contributed by atoms with E-state index in [-0.39, 0.29) is 24.3 Å². The molecule has 108 valence electrons. The van der Waals surface area contributed by atoms with Gasteiger partial charge >= 0.3 is 11.9 Å². The average molecular weight is 270 g/mol. The summed E-state index contributed by atoms with van der Waals surface area (Å²) in [5, 5.41) is 10.3. The molecule has 0 aromatic rings. The van der Waals surface area contributed by atoms with Crippen molar-refractivity contribution in [1.29, 1.82) is 0 Å². The van der Waals surface area contributed by atoms with Crippen molar-refractivity contribution in [1.82, 2.24) is 0 Å². The first kappa shape index (κ1) is 15.7. The van der Waals surface area contributed by atoms with Gasteiger partial charge in [-0.2, -0.15) is 0 Å². The molecular formula is C14H22O5. The van der Waals surface area contributed by atoms with Crippen molar-refractivity contribution >= 4 is 11.9 Å². The smallest absolute Gasteiger partial charge is 0.309 e. The fourth-order valence-corrected chi connectivity index (χ4v) is 2.33. The van der Waals surface area contributed by atoms with E-state index < -0.39 is 5.60 Å². The largest absolute Gasteiger partial charge is 0.469 e. The van der Waals surface area contributed by atoms with Crippen LogP contribution in [0.2, 0.25) is 0 Å². The molecule has 19 heavy (non-hydrogen) atoms. The Hall–Kier alpha value is -1.36. The highest BCUT2D eigenvalue weighted by atomic mass is 16.5. The number of ether oxygens (including phenoxy) is 2. The van der Waals surface area contributed by atoms with Gasteiger partial charge in [0, 0.05) is 0 Å². The third-order valence-corrected chi connectivity index (χ3v) is 3.63. The molecule has 0 unspecified atom stereocenters. The Kier molecular flexibility index (Phi) is 6.02. The van der Waals surface area contributed by atoms with E-state index in [1.54, 1.807) is 12.2 Å². The zero-order valence-electron chi connectivity index (χ0n) is 11.6. The second-order valence-corrected chi connectivity index (χ2v) is 4.98. The molecule has 1 saturated carbocycles. The van der Waals surface area contributed by atoms with E-state index in [9.17, 15) is 14.7 Å². The lowest BCUT2D eigenvalue weighted by atomic mass is 9.77. The third-order valence-electron chi connectivity index (χ3n) is 3.63. The number of carbonyl (C=O) groups is 2. The van der Waals surface area contributed by atoms with Crippen LogP contribution in [0.25, 0.3) is 0 Å². The fraction of sp³-hybridized carbons (Fsp3) is 0.714. The van der Waals surface area contributed by atoms with Gasteiger partial charge in [0.05, 0.1) is 32.2 Å². The van der Waals surface area contributed by atoms with Gasteiger partial charge < -0.3 is 14.6 Å². The molecule has 5 heteroatoms. The van der Waals surface area contributed by atoms with Gasteiger partial charge in [-0.05, 0) is 32.1 Å². The molecule has 0 spiro atoms. The quantitative estimate of drug-likeness (QED) is 0.606. The minimum absolute atomic E-state index is 0.0932. The topological polar surface area (TPSA) is 72.8 Å². The number of methoxy groups -OCH3 is 2. The first-order chi connectivity index (χ1) is 9.00. The molecule has 0 atom stereocenters. The maximum Gasteiger partial charge on any atom is 0.309 e. The van der Waals surface area contributed by atoms with Gasteiger partial charge in [0.15, 0.2) is 0 Å². The summed E-state index contributed by atoms with van der Waals surface area (Å²) >= 11 is 0. The Labute approximate surface area is 113 Å². The number of hydrogen-bond donors (Lipinski definition) is 1. The standard InChI is InChI=1S/C14H22O5/c1-18-12(15)5-3-4-8-14(17)9-6-11(7-10-14)13(16)19-2/h3-4,11,17H,5-10H2,1-2H3. The molecule has 5 nitrogen and oxygen atoms in total. The minimum Gasteiger partial charge on any atom is -0.469 e. The number of esters is 2. The Morgan fingerprint density at radius 3 is 2.37 bits per heavy atom. The van der Waals surface area contributed by atoms with Crippen molar-refractivity contribution in [3.63, 3.8) is 0 Å². The van der Waals surface area contributed by atoms with E-state index in [1.807, 2.05) is 0 Å². The second-order valence-electron chi connectivity index (χ2n) is 4.98. The molecule has 1 aliphatic carbocycles. The summed E-state index contributed by atoms with van der Waals surface area (Å²) < 4.78 is 9.23. The zero-order valence-corrected chi connectivity index (χ0v) is 11.6. The molecule has 1 fully saturated rings. The van der Waals surface area contributed by atoms with E-state index in [1.165, 1.54) is 14.2 Å².